The lowest BCUT2D eigenvalue weighted by atomic mass is 9.84. The Bertz CT molecular complexity index is 1600. The van der Waals surface area contributed by atoms with E-state index in [-0.39, 0.29) is 18.0 Å². The Kier molecular flexibility index (Phi) is 7.37. The fraction of sp³-hybridized carbons (Fsp3) is 0.486. The van der Waals surface area contributed by atoms with E-state index in [1.54, 1.807) is 6.07 Å². The van der Waals surface area contributed by atoms with Gasteiger partial charge < -0.3 is 10.2 Å². The summed E-state index contributed by atoms with van der Waals surface area (Å²) < 4.78 is 17.3. The molecule has 2 aliphatic carbocycles. The average Bonchev–Trinajstić information content (AvgIpc) is 3.74. The maximum Gasteiger partial charge on any atom is 0.156 e. The number of hydrogen-bond acceptors (Lipinski definition) is 5. The summed E-state index contributed by atoms with van der Waals surface area (Å²) in [5, 5.41) is 26.2. The first-order chi connectivity index (χ1) is 20.3. The van der Waals surface area contributed by atoms with E-state index in [9.17, 15) is 10.2 Å². The first-order valence-corrected chi connectivity index (χ1v) is 15.7. The molecule has 0 amide bonds. The van der Waals surface area contributed by atoms with Crippen molar-refractivity contribution < 1.29 is 14.6 Å². The number of halogens is 1. The van der Waals surface area contributed by atoms with Gasteiger partial charge in [0.15, 0.2) is 11.9 Å². The average molecular weight is 569 g/mol. The first kappa shape index (κ1) is 27.7. The molecule has 1 aliphatic heterocycles. The Morgan fingerprint density at radius 3 is 2.57 bits per heavy atom. The fourth-order valence-electron chi connectivity index (χ4n) is 7.16. The van der Waals surface area contributed by atoms with Crippen molar-refractivity contribution in [3.8, 4) is 11.3 Å². The van der Waals surface area contributed by atoms with Gasteiger partial charge in [0.05, 0.1) is 17.5 Å². The zero-order valence-corrected chi connectivity index (χ0v) is 24.6. The molecule has 2 aromatic carbocycles. The van der Waals surface area contributed by atoms with Gasteiger partial charge in [-0.2, -0.15) is 5.10 Å². The van der Waals surface area contributed by atoms with Crippen LogP contribution in [0.25, 0.3) is 16.9 Å². The maximum absolute atomic E-state index is 15.4. The van der Waals surface area contributed by atoms with Crippen LogP contribution >= 0.6 is 0 Å². The summed E-state index contributed by atoms with van der Waals surface area (Å²) in [5.41, 5.74) is 8.24. The van der Waals surface area contributed by atoms with Crippen LogP contribution in [0.5, 0.6) is 0 Å². The van der Waals surface area contributed by atoms with Crippen LogP contribution in [0.1, 0.15) is 104 Å². The number of benzene rings is 2. The minimum absolute atomic E-state index is 0.0736. The Hall–Kier alpha value is -3.13. The van der Waals surface area contributed by atoms with Gasteiger partial charge in [0.25, 0.3) is 0 Å². The summed E-state index contributed by atoms with van der Waals surface area (Å²) in [7, 11) is 0. The highest BCUT2D eigenvalue weighted by molar-refractivity contribution is 5.65. The molecule has 42 heavy (non-hydrogen) atoms. The molecule has 0 radical (unpaired) electrons. The van der Waals surface area contributed by atoms with Crippen molar-refractivity contribution in [2.75, 3.05) is 6.54 Å². The van der Waals surface area contributed by atoms with E-state index in [4.69, 9.17) is 10.1 Å². The molecule has 2 N–H and O–H groups in total. The Morgan fingerprint density at radius 2 is 1.81 bits per heavy atom. The molecule has 3 aliphatic rings. The van der Waals surface area contributed by atoms with Crippen molar-refractivity contribution >= 4 is 5.65 Å². The number of aliphatic hydroxyl groups is 2. The molecule has 2 aromatic heterocycles. The van der Waals surface area contributed by atoms with E-state index in [0.717, 1.165) is 75.6 Å². The summed E-state index contributed by atoms with van der Waals surface area (Å²) >= 11 is 0. The molecule has 2 saturated carbocycles. The number of fused-ring (bicyclic) bond motifs is 2. The highest BCUT2D eigenvalue weighted by Gasteiger charge is 2.33. The molecule has 6 nitrogen and oxygen atoms in total. The van der Waals surface area contributed by atoms with Crippen molar-refractivity contribution in [2.45, 2.75) is 95.9 Å². The number of aryl methyl sites for hydroxylation is 2. The second-order valence-corrected chi connectivity index (χ2v) is 12.9. The normalized spacial score (nSPS) is 23.7. The fourth-order valence-corrected chi connectivity index (χ4v) is 7.16. The lowest BCUT2D eigenvalue weighted by Crippen LogP contribution is -2.37. The second-order valence-electron chi connectivity index (χ2n) is 12.9. The van der Waals surface area contributed by atoms with Gasteiger partial charge >= 0.3 is 0 Å². The molecule has 0 saturated heterocycles. The molecule has 7 heteroatoms. The predicted molar refractivity (Wildman–Crippen MR) is 162 cm³/mol. The standard InChI is InChI=1S/C35H41FN4O2/c1-21-3-13-28-22(2)39(16-15-26(28)17-21)35(42)32-19-33(25-9-10-25)40-34(37-32)20-31(38-40)29-14-8-24(18-30(29)36)5-4-23-6-11-27(41)12-7-23/h3,8,13-14,17-20,22-23,25,27,35,41-42H,4-7,9-12,15-16H2,1-2H3/t22-,23?,27?,35?/m1/s1. The van der Waals surface area contributed by atoms with Crippen LogP contribution in [0, 0.1) is 18.7 Å². The van der Waals surface area contributed by atoms with Gasteiger partial charge in [-0.25, -0.2) is 13.9 Å². The number of rotatable bonds is 7. The van der Waals surface area contributed by atoms with E-state index in [2.05, 4.69) is 36.9 Å². The number of hydrogen-bond donors (Lipinski definition) is 2. The molecule has 4 aromatic rings. The molecule has 3 heterocycles. The smallest absolute Gasteiger partial charge is 0.156 e. The van der Waals surface area contributed by atoms with Crippen LogP contribution in [0.3, 0.4) is 0 Å². The summed E-state index contributed by atoms with van der Waals surface area (Å²) in [4.78, 5) is 7.00. The lowest BCUT2D eigenvalue weighted by Gasteiger charge is -2.38. The number of aliphatic hydroxyl groups excluding tert-OH is 2. The lowest BCUT2D eigenvalue weighted by molar-refractivity contribution is -0.0311. The third-order valence-electron chi connectivity index (χ3n) is 9.90. The second kappa shape index (κ2) is 11.2. The highest BCUT2D eigenvalue weighted by Crippen LogP contribution is 2.42. The van der Waals surface area contributed by atoms with Gasteiger partial charge in [-0.15, -0.1) is 0 Å². The van der Waals surface area contributed by atoms with E-state index in [1.807, 2.05) is 28.8 Å². The minimum Gasteiger partial charge on any atom is -0.393 e. The molecule has 0 spiro atoms. The molecule has 7 rings (SSSR count). The van der Waals surface area contributed by atoms with Crippen LogP contribution in [0.4, 0.5) is 4.39 Å². The Morgan fingerprint density at radius 1 is 1.00 bits per heavy atom. The summed E-state index contributed by atoms with van der Waals surface area (Å²) in [6.45, 7) is 5.03. The largest absolute Gasteiger partial charge is 0.393 e. The van der Waals surface area contributed by atoms with Crippen molar-refractivity contribution in [1.82, 2.24) is 19.5 Å². The van der Waals surface area contributed by atoms with E-state index in [1.165, 1.54) is 16.7 Å². The van der Waals surface area contributed by atoms with Crippen LogP contribution in [-0.4, -0.2) is 42.4 Å². The maximum atomic E-state index is 15.4. The molecular formula is C35H41FN4O2. The van der Waals surface area contributed by atoms with E-state index < -0.39 is 6.23 Å². The van der Waals surface area contributed by atoms with Crippen molar-refractivity contribution in [3.05, 3.63) is 88.0 Å². The third-order valence-corrected chi connectivity index (χ3v) is 9.90. The quantitative estimate of drug-likeness (QED) is 0.256. The molecule has 2 fully saturated rings. The molecule has 220 valence electrons. The first-order valence-electron chi connectivity index (χ1n) is 15.7. The zero-order chi connectivity index (χ0) is 29.0. The van der Waals surface area contributed by atoms with Gasteiger partial charge in [0, 0.05) is 35.8 Å². The van der Waals surface area contributed by atoms with Gasteiger partial charge in [-0.3, -0.25) is 4.90 Å². The zero-order valence-electron chi connectivity index (χ0n) is 24.6. The van der Waals surface area contributed by atoms with Crippen molar-refractivity contribution in [2.24, 2.45) is 5.92 Å². The highest BCUT2D eigenvalue weighted by atomic mass is 19.1. The van der Waals surface area contributed by atoms with Crippen LogP contribution in [-0.2, 0) is 12.8 Å². The third kappa shape index (κ3) is 5.38. The monoisotopic (exact) mass is 568 g/mol. The molecule has 2 atom stereocenters. The van der Waals surface area contributed by atoms with Crippen LogP contribution in [0.15, 0.2) is 48.5 Å². The number of aromatic nitrogens is 3. The topological polar surface area (TPSA) is 73.9 Å². The summed E-state index contributed by atoms with van der Waals surface area (Å²) in [6.07, 6.45) is 7.83. The van der Waals surface area contributed by atoms with Crippen LogP contribution < -0.4 is 0 Å². The summed E-state index contributed by atoms with van der Waals surface area (Å²) in [5.74, 6) is 0.724. The Balaban J connectivity index is 1.14. The molecular weight excluding hydrogens is 527 g/mol. The Labute approximate surface area is 247 Å². The van der Waals surface area contributed by atoms with Gasteiger partial charge in [-0.05, 0) is 112 Å². The van der Waals surface area contributed by atoms with E-state index >= 15 is 4.39 Å². The van der Waals surface area contributed by atoms with E-state index in [0.29, 0.717) is 34.4 Å². The minimum atomic E-state index is -0.834. The summed E-state index contributed by atoms with van der Waals surface area (Å²) in [6, 6.07) is 16.0. The van der Waals surface area contributed by atoms with Gasteiger partial charge in [0.1, 0.15) is 5.82 Å². The predicted octanol–water partition coefficient (Wildman–Crippen LogP) is 6.82. The molecule has 0 bridgehead atoms. The van der Waals surface area contributed by atoms with Crippen LogP contribution in [0.2, 0.25) is 0 Å². The van der Waals surface area contributed by atoms with Gasteiger partial charge in [0.2, 0.25) is 0 Å². The van der Waals surface area contributed by atoms with Gasteiger partial charge in [-0.1, -0.05) is 29.8 Å². The van der Waals surface area contributed by atoms with Crippen molar-refractivity contribution in [1.29, 1.82) is 0 Å². The molecule has 1 unspecified atom stereocenters. The number of nitrogens with zero attached hydrogens (tertiary/aromatic N) is 4. The van der Waals surface area contributed by atoms with Crippen molar-refractivity contribution in [3.63, 3.8) is 0 Å². The SMILES string of the molecule is Cc1ccc2c(c1)CCN(C(O)c1cc(C3CC3)n3nc(-c4ccc(CCC5CCC(O)CC5)cc4F)cc3n1)[C@@H]2C.